The number of hydrogen-bond donors (Lipinski definition) is 1. The highest BCUT2D eigenvalue weighted by molar-refractivity contribution is 6.02. The topological polar surface area (TPSA) is 49.6 Å². The molecule has 23 heavy (non-hydrogen) atoms. The Kier molecular flexibility index (Phi) is 2.53. The molecule has 1 atom stereocenters. The quantitative estimate of drug-likeness (QED) is 0.791. The fraction of sp³-hybridized carbons (Fsp3) is 0.222. The van der Waals surface area contributed by atoms with E-state index in [1.165, 1.54) is 0 Å². The summed E-state index contributed by atoms with van der Waals surface area (Å²) >= 11 is 0. The van der Waals surface area contributed by atoms with Crippen LogP contribution in [-0.2, 0) is 0 Å². The van der Waals surface area contributed by atoms with E-state index in [0.29, 0.717) is 6.04 Å². The number of nitrogens with zero attached hydrogens (tertiary/aromatic N) is 3. The van der Waals surface area contributed by atoms with Gasteiger partial charge in [-0.25, -0.2) is 4.98 Å². The minimum Gasteiger partial charge on any atom is -0.359 e. The molecular weight excluding hydrogens is 288 g/mol. The van der Waals surface area contributed by atoms with Gasteiger partial charge in [0.05, 0.1) is 5.56 Å². The van der Waals surface area contributed by atoms with Crippen molar-refractivity contribution in [1.82, 2.24) is 14.3 Å². The minimum absolute atomic E-state index is 0.101. The van der Waals surface area contributed by atoms with Crippen molar-refractivity contribution >= 4 is 17.2 Å². The lowest BCUT2D eigenvalue weighted by Crippen LogP contribution is -2.44. The molecule has 1 aliphatic heterocycles. The van der Waals surface area contributed by atoms with E-state index in [1.54, 1.807) is 0 Å². The summed E-state index contributed by atoms with van der Waals surface area (Å²) in [5.41, 5.74) is 3.41. The molecule has 2 aromatic heterocycles. The molecule has 0 spiro atoms. The van der Waals surface area contributed by atoms with Crippen LogP contribution in [0.5, 0.6) is 0 Å². The van der Waals surface area contributed by atoms with E-state index >= 15 is 0 Å². The van der Waals surface area contributed by atoms with Crippen molar-refractivity contribution < 1.29 is 4.79 Å². The maximum Gasteiger partial charge on any atom is 0.258 e. The molecule has 1 aromatic carbocycles. The van der Waals surface area contributed by atoms with E-state index in [9.17, 15) is 4.79 Å². The Morgan fingerprint density at radius 3 is 2.74 bits per heavy atom. The van der Waals surface area contributed by atoms with Crippen molar-refractivity contribution in [1.29, 1.82) is 0 Å². The molecule has 1 N–H and O–H groups in total. The number of aromatic nitrogens is 2. The van der Waals surface area contributed by atoms with Gasteiger partial charge in [-0.1, -0.05) is 18.2 Å². The third kappa shape index (κ3) is 1.93. The first kappa shape index (κ1) is 12.7. The number of anilines is 1. The summed E-state index contributed by atoms with van der Waals surface area (Å²) in [5, 5.41) is 3.51. The SMILES string of the molecule is O=C1c2ccccc2N[C@H](c2cn3ccccc3n2)N1C1CC1. The minimum atomic E-state index is -0.204. The van der Waals surface area contributed by atoms with Crippen LogP contribution < -0.4 is 5.32 Å². The summed E-state index contributed by atoms with van der Waals surface area (Å²) in [6, 6.07) is 14.0. The molecule has 0 unspecified atom stereocenters. The smallest absolute Gasteiger partial charge is 0.258 e. The van der Waals surface area contributed by atoms with Crippen molar-refractivity contribution in [2.24, 2.45) is 0 Å². The maximum absolute atomic E-state index is 12.9. The molecule has 0 bridgehead atoms. The Morgan fingerprint density at radius 1 is 1.09 bits per heavy atom. The van der Waals surface area contributed by atoms with Gasteiger partial charge < -0.3 is 14.6 Å². The monoisotopic (exact) mass is 304 g/mol. The zero-order valence-electron chi connectivity index (χ0n) is 12.5. The molecule has 5 nitrogen and oxygen atoms in total. The predicted octanol–water partition coefficient (Wildman–Crippen LogP) is 3.06. The van der Waals surface area contributed by atoms with E-state index in [2.05, 4.69) is 5.32 Å². The van der Waals surface area contributed by atoms with Crippen molar-refractivity contribution in [3.8, 4) is 0 Å². The molecule has 1 amide bonds. The average Bonchev–Trinajstić information content (AvgIpc) is 3.32. The van der Waals surface area contributed by atoms with Crippen LogP contribution in [0, 0.1) is 0 Å². The van der Waals surface area contributed by atoms with Gasteiger partial charge in [0, 0.05) is 24.1 Å². The number of para-hydroxylation sites is 1. The number of pyridine rings is 1. The standard InChI is InChI=1S/C18H16N4O/c23-18-13-5-1-2-6-14(13)20-17(22(18)12-8-9-12)15-11-21-10-4-3-7-16(21)19-15/h1-7,10-12,17,20H,8-9H2/t17-/m0/s1. The van der Waals surface area contributed by atoms with Crippen LogP contribution in [0.15, 0.2) is 54.9 Å². The molecule has 3 heterocycles. The van der Waals surface area contributed by atoms with Gasteiger partial charge in [0.2, 0.25) is 0 Å². The number of imidazole rings is 1. The van der Waals surface area contributed by atoms with Gasteiger partial charge in [-0.3, -0.25) is 4.79 Å². The van der Waals surface area contributed by atoms with Gasteiger partial charge in [-0.15, -0.1) is 0 Å². The van der Waals surface area contributed by atoms with Crippen LogP contribution >= 0.6 is 0 Å². The van der Waals surface area contributed by atoms with Crippen LogP contribution in [-0.4, -0.2) is 26.2 Å². The number of carbonyl (C=O) groups excluding carboxylic acids is 1. The van der Waals surface area contributed by atoms with Crippen molar-refractivity contribution in [2.45, 2.75) is 25.0 Å². The van der Waals surface area contributed by atoms with E-state index in [4.69, 9.17) is 4.98 Å². The predicted molar refractivity (Wildman–Crippen MR) is 87.2 cm³/mol. The zero-order chi connectivity index (χ0) is 15.4. The number of benzene rings is 1. The van der Waals surface area contributed by atoms with E-state index in [-0.39, 0.29) is 12.1 Å². The first-order chi connectivity index (χ1) is 11.3. The van der Waals surface area contributed by atoms with Gasteiger partial charge in [-0.05, 0) is 37.1 Å². The van der Waals surface area contributed by atoms with Crippen molar-refractivity contribution in [3.63, 3.8) is 0 Å². The summed E-state index contributed by atoms with van der Waals surface area (Å²) in [6.45, 7) is 0. The van der Waals surface area contributed by atoms with Gasteiger partial charge in [0.1, 0.15) is 17.5 Å². The molecule has 0 saturated heterocycles. The molecule has 5 heteroatoms. The van der Waals surface area contributed by atoms with Gasteiger partial charge >= 0.3 is 0 Å². The Labute approximate surface area is 133 Å². The Bertz CT molecular complexity index is 879. The fourth-order valence-electron chi connectivity index (χ4n) is 3.30. The number of carbonyl (C=O) groups is 1. The van der Waals surface area contributed by atoms with Gasteiger partial charge in [-0.2, -0.15) is 0 Å². The Morgan fingerprint density at radius 2 is 1.91 bits per heavy atom. The fourth-order valence-corrected chi connectivity index (χ4v) is 3.30. The molecule has 1 fully saturated rings. The highest BCUT2D eigenvalue weighted by atomic mass is 16.2. The number of amides is 1. The van der Waals surface area contributed by atoms with Gasteiger partial charge in [0.15, 0.2) is 0 Å². The van der Waals surface area contributed by atoms with Crippen LogP contribution in [0.25, 0.3) is 5.65 Å². The lowest BCUT2D eigenvalue weighted by molar-refractivity contribution is 0.0663. The zero-order valence-corrected chi connectivity index (χ0v) is 12.5. The number of hydrogen-bond acceptors (Lipinski definition) is 3. The second-order valence-electron chi connectivity index (χ2n) is 6.17. The molecule has 5 rings (SSSR count). The highest BCUT2D eigenvalue weighted by Gasteiger charge is 2.42. The summed E-state index contributed by atoms with van der Waals surface area (Å²) in [5.74, 6) is 0.101. The van der Waals surface area contributed by atoms with Crippen LogP contribution in [0.1, 0.15) is 35.1 Å². The summed E-state index contributed by atoms with van der Waals surface area (Å²) in [6.07, 6.45) is 5.92. The molecule has 1 aliphatic carbocycles. The van der Waals surface area contributed by atoms with Crippen molar-refractivity contribution in [3.05, 3.63) is 66.1 Å². The lowest BCUT2D eigenvalue weighted by atomic mass is 10.1. The molecule has 3 aromatic rings. The summed E-state index contributed by atoms with van der Waals surface area (Å²) in [7, 11) is 0. The number of nitrogens with one attached hydrogen (secondary N) is 1. The van der Waals surface area contributed by atoms with Crippen LogP contribution in [0.3, 0.4) is 0 Å². The Balaban J connectivity index is 1.64. The molecule has 1 saturated carbocycles. The average molecular weight is 304 g/mol. The third-order valence-corrected chi connectivity index (χ3v) is 4.57. The Hall–Kier alpha value is -2.82. The summed E-state index contributed by atoms with van der Waals surface area (Å²) in [4.78, 5) is 19.6. The van der Waals surface area contributed by atoms with E-state index in [0.717, 1.165) is 35.4 Å². The van der Waals surface area contributed by atoms with Crippen LogP contribution in [0.4, 0.5) is 5.69 Å². The number of fused-ring (bicyclic) bond motifs is 2. The molecular formula is C18H16N4O. The maximum atomic E-state index is 12.9. The van der Waals surface area contributed by atoms with Crippen molar-refractivity contribution in [2.75, 3.05) is 5.32 Å². The second kappa shape index (κ2) is 4.59. The normalized spacial score (nSPS) is 20.4. The first-order valence-electron chi connectivity index (χ1n) is 7.93. The third-order valence-electron chi connectivity index (χ3n) is 4.57. The van der Waals surface area contributed by atoms with E-state index < -0.39 is 0 Å². The summed E-state index contributed by atoms with van der Waals surface area (Å²) < 4.78 is 1.99. The number of rotatable bonds is 2. The first-order valence-corrected chi connectivity index (χ1v) is 7.93. The lowest BCUT2D eigenvalue weighted by Gasteiger charge is -2.37. The molecule has 114 valence electrons. The second-order valence-corrected chi connectivity index (χ2v) is 6.17. The molecule has 2 aliphatic rings. The largest absolute Gasteiger partial charge is 0.359 e. The highest BCUT2D eigenvalue weighted by Crippen LogP contribution is 2.40. The van der Waals surface area contributed by atoms with E-state index in [1.807, 2.05) is 64.2 Å². The molecule has 0 radical (unpaired) electrons. The van der Waals surface area contributed by atoms with Gasteiger partial charge in [0.25, 0.3) is 5.91 Å². The van der Waals surface area contributed by atoms with Crippen LogP contribution in [0.2, 0.25) is 0 Å².